The van der Waals surface area contributed by atoms with Gasteiger partial charge >= 0.3 is 0 Å². The summed E-state index contributed by atoms with van der Waals surface area (Å²) in [4.78, 5) is 9.07. The normalized spacial score (nSPS) is 10.7. The second kappa shape index (κ2) is 25.6. The van der Waals surface area contributed by atoms with Gasteiger partial charge in [-0.1, -0.05) is 30.3 Å². The quantitative estimate of drug-likeness (QED) is 0.0677. The molecule has 0 atom stereocenters. The lowest BCUT2D eigenvalue weighted by molar-refractivity contribution is 0.414. The minimum atomic E-state index is 0.754. The van der Waals surface area contributed by atoms with Gasteiger partial charge in [0, 0.05) is 91.0 Å². The van der Waals surface area contributed by atoms with Crippen LogP contribution in [0.1, 0.15) is 0 Å². The van der Waals surface area contributed by atoms with Crippen molar-refractivity contribution in [3.05, 3.63) is 267 Å². The third kappa shape index (κ3) is 12.5. The molecule has 0 heterocycles. The Morgan fingerprint density at radius 2 is 0.381 bits per heavy atom. The number of benzene rings is 11. The van der Waals surface area contributed by atoms with Crippen LogP contribution in [-0.2, 0) is 0 Å². The molecule has 2 N–H and O–H groups in total. The first-order valence-corrected chi connectivity index (χ1v) is 27.4. The smallest absolute Gasteiger partial charge is 0.119 e. The van der Waals surface area contributed by atoms with Crippen molar-refractivity contribution < 1.29 is 28.4 Å². The number of ether oxygens (including phenoxy) is 6. The van der Waals surface area contributed by atoms with Gasteiger partial charge in [-0.3, -0.25) is 0 Å². The maximum absolute atomic E-state index is 5.70. The van der Waals surface area contributed by atoms with Crippen molar-refractivity contribution in [3.63, 3.8) is 0 Å². The van der Waals surface area contributed by atoms with Crippen molar-refractivity contribution >= 4 is 91.0 Å². The van der Waals surface area contributed by atoms with Gasteiger partial charge in [0.05, 0.1) is 42.7 Å². The average Bonchev–Trinajstić information content (AvgIpc) is 3.35. The Morgan fingerprint density at radius 3 is 0.595 bits per heavy atom. The molecule has 0 aliphatic carbocycles. The molecule has 0 fully saturated rings. The van der Waals surface area contributed by atoms with Gasteiger partial charge in [0.2, 0.25) is 0 Å². The lowest BCUT2D eigenvalue weighted by Crippen LogP contribution is -2.15. The molecule has 11 aromatic rings. The van der Waals surface area contributed by atoms with Crippen LogP contribution >= 0.6 is 0 Å². The standard InChI is InChI=1S/C72H64N6O6/c1-79-67-34-22-51(23-35-67)73-53-12-7-14-59(46-53)75(55-26-38-69(81-3)39-27-55)61-16-9-18-63(48-61)77(57-30-42-71(83-5)43-31-57)65-20-11-21-66(50-65)78(58-32-44-72(84-6)45-33-58)64-19-10-17-62(49-64)76(56-28-40-70(82-4)41-29-56)60-15-8-13-54(47-60)74-52-24-36-68(80-2)37-25-52/h7-50,73-74H,1-6H3. The number of hydrogen-bond donors (Lipinski definition) is 2. The van der Waals surface area contributed by atoms with Crippen molar-refractivity contribution in [1.29, 1.82) is 0 Å². The molecule has 11 aromatic carbocycles. The van der Waals surface area contributed by atoms with E-state index in [1.807, 2.05) is 97.1 Å². The molecule has 84 heavy (non-hydrogen) atoms. The van der Waals surface area contributed by atoms with Crippen molar-refractivity contribution in [2.24, 2.45) is 0 Å². The zero-order valence-corrected chi connectivity index (χ0v) is 47.6. The van der Waals surface area contributed by atoms with Crippen LogP contribution < -0.4 is 58.7 Å². The first-order valence-electron chi connectivity index (χ1n) is 27.4. The minimum absolute atomic E-state index is 0.754. The van der Waals surface area contributed by atoms with E-state index in [9.17, 15) is 0 Å². The van der Waals surface area contributed by atoms with Gasteiger partial charge in [0.25, 0.3) is 0 Å². The predicted molar refractivity (Wildman–Crippen MR) is 344 cm³/mol. The van der Waals surface area contributed by atoms with E-state index in [0.29, 0.717) is 0 Å². The molecule has 0 aliphatic rings. The molecule has 0 radical (unpaired) electrons. The number of anilines is 16. The Balaban J connectivity index is 1.02. The Kier molecular flexibility index (Phi) is 16.8. The zero-order chi connectivity index (χ0) is 57.8. The lowest BCUT2D eigenvalue weighted by Gasteiger charge is -2.32. The van der Waals surface area contributed by atoms with Crippen LogP contribution in [-0.4, -0.2) is 42.7 Å². The monoisotopic (exact) mass is 1110 g/mol. The Bertz CT molecular complexity index is 3680. The molecular weight excluding hydrogens is 1040 g/mol. The maximum atomic E-state index is 5.70. The summed E-state index contributed by atoms with van der Waals surface area (Å²) < 4.78 is 33.5. The highest BCUT2D eigenvalue weighted by molar-refractivity contribution is 5.88. The molecule has 0 aliphatic heterocycles. The average molecular weight is 1110 g/mol. The topological polar surface area (TPSA) is 92.4 Å². The molecule has 12 nitrogen and oxygen atoms in total. The maximum Gasteiger partial charge on any atom is 0.119 e. The highest BCUT2D eigenvalue weighted by Crippen LogP contribution is 2.46. The number of rotatable bonds is 22. The molecule has 0 spiro atoms. The highest BCUT2D eigenvalue weighted by atomic mass is 16.5. The van der Waals surface area contributed by atoms with Crippen LogP contribution in [0.5, 0.6) is 34.5 Å². The van der Waals surface area contributed by atoms with Crippen LogP contribution in [0.4, 0.5) is 91.0 Å². The van der Waals surface area contributed by atoms with Crippen LogP contribution in [0.2, 0.25) is 0 Å². The van der Waals surface area contributed by atoms with Gasteiger partial charge in [-0.25, -0.2) is 0 Å². The van der Waals surface area contributed by atoms with E-state index in [-0.39, 0.29) is 0 Å². The van der Waals surface area contributed by atoms with Gasteiger partial charge in [-0.2, -0.15) is 0 Å². The number of methoxy groups -OCH3 is 6. The molecule has 0 amide bonds. The lowest BCUT2D eigenvalue weighted by atomic mass is 10.1. The molecule has 12 heteroatoms. The van der Waals surface area contributed by atoms with Crippen molar-refractivity contribution in [1.82, 2.24) is 0 Å². The summed E-state index contributed by atoms with van der Waals surface area (Å²) in [6, 6.07) is 91.2. The summed E-state index contributed by atoms with van der Waals surface area (Å²) in [5.74, 6) is 4.63. The predicted octanol–water partition coefficient (Wildman–Crippen LogP) is 19.1. The summed E-state index contributed by atoms with van der Waals surface area (Å²) in [6.07, 6.45) is 0. The van der Waals surface area contributed by atoms with E-state index < -0.39 is 0 Å². The van der Waals surface area contributed by atoms with E-state index in [4.69, 9.17) is 28.4 Å². The fourth-order valence-corrected chi connectivity index (χ4v) is 10.2. The number of nitrogens with one attached hydrogen (secondary N) is 2. The Labute approximate surface area is 491 Å². The molecule has 0 aromatic heterocycles. The second-order valence-electron chi connectivity index (χ2n) is 19.5. The van der Waals surface area contributed by atoms with Crippen LogP contribution in [0.15, 0.2) is 267 Å². The van der Waals surface area contributed by atoms with Crippen molar-refractivity contribution in [2.45, 2.75) is 0 Å². The van der Waals surface area contributed by atoms with Crippen LogP contribution in [0, 0.1) is 0 Å². The molecule has 0 saturated heterocycles. The molecule has 0 saturated carbocycles. The van der Waals surface area contributed by atoms with E-state index in [1.54, 1.807) is 42.7 Å². The third-order valence-electron chi connectivity index (χ3n) is 14.3. The molecule has 11 rings (SSSR count). The highest BCUT2D eigenvalue weighted by Gasteiger charge is 2.22. The molecular formula is C72H64N6O6. The van der Waals surface area contributed by atoms with Gasteiger partial charge in [-0.15, -0.1) is 0 Å². The number of hydrogen-bond acceptors (Lipinski definition) is 12. The molecule has 0 bridgehead atoms. The van der Waals surface area contributed by atoms with Gasteiger partial charge in [-0.05, 0) is 237 Å². The van der Waals surface area contributed by atoms with Gasteiger partial charge in [0.1, 0.15) is 34.5 Å². The summed E-state index contributed by atoms with van der Waals surface area (Å²) in [6.45, 7) is 0. The summed E-state index contributed by atoms with van der Waals surface area (Å²) >= 11 is 0. The summed E-state index contributed by atoms with van der Waals surface area (Å²) in [5.41, 5.74) is 15.0. The fraction of sp³-hybridized carbons (Fsp3) is 0.0833. The van der Waals surface area contributed by atoms with Crippen molar-refractivity contribution in [3.8, 4) is 34.5 Å². The number of nitrogens with zero attached hydrogens (tertiary/aromatic N) is 4. The van der Waals surface area contributed by atoms with Gasteiger partial charge < -0.3 is 58.7 Å². The Hall–Kier alpha value is -11.0. The van der Waals surface area contributed by atoms with E-state index >= 15 is 0 Å². The second-order valence-corrected chi connectivity index (χ2v) is 19.5. The van der Waals surface area contributed by atoms with E-state index in [0.717, 1.165) is 125 Å². The largest absolute Gasteiger partial charge is 0.497 e. The van der Waals surface area contributed by atoms with E-state index in [2.05, 4.69) is 200 Å². The zero-order valence-electron chi connectivity index (χ0n) is 47.6. The first kappa shape index (κ1) is 55.0. The molecule has 418 valence electrons. The summed E-state index contributed by atoms with van der Waals surface area (Å²) in [7, 11) is 10.1. The first-order chi connectivity index (χ1) is 41.3. The van der Waals surface area contributed by atoms with Crippen molar-refractivity contribution in [2.75, 3.05) is 72.9 Å². The van der Waals surface area contributed by atoms with E-state index in [1.165, 1.54) is 0 Å². The van der Waals surface area contributed by atoms with Crippen LogP contribution in [0.3, 0.4) is 0 Å². The third-order valence-corrected chi connectivity index (χ3v) is 14.3. The fourth-order valence-electron chi connectivity index (χ4n) is 10.2. The molecule has 0 unspecified atom stereocenters. The minimum Gasteiger partial charge on any atom is -0.497 e. The summed E-state index contributed by atoms with van der Waals surface area (Å²) in [5, 5.41) is 7.19. The SMILES string of the molecule is COc1ccc(Nc2cccc(N(c3ccc(OC)cc3)c3cccc(N(c4ccc(OC)cc4)c4cccc(N(c5ccc(OC)cc5)c5cccc(N(c6ccc(OC)cc6)c6cccc(Nc7ccc(OC)cc7)c6)c5)c4)c3)c2)cc1. The Morgan fingerprint density at radius 1 is 0.190 bits per heavy atom. The van der Waals surface area contributed by atoms with Crippen LogP contribution in [0.25, 0.3) is 0 Å². The van der Waals surface area contributed by atoms with Gasteiger partial charge in [0.15, 0.2) is 0 Å².